The second kappa shape index (κ2) is 4.83. The molecule has 2 aromatic rings. The van der Waals surface area contributed by atoms with E-state index in [0.29, 0.717) is 5.39 Å². The summed E-state index contributed by atoms with van der Waals surface area (Å²) in [6, 6.07) is 10.8. The van der Waals surface area contributed by atoms with Gasteiger partial charge in [0.05, 0.1) is 16.8 Å². The Bertz CT molecular complexity index is 735. The summed E-state index contributed by atoms with van der Waals surface area (Å²) in [5, 5.41) is 10.9. The standard InChI is InChI=1S/C17H19BO4/c1-16(2)17(3,4)22-18(21-16)14-10-9-13(15(19)20)11-7-5-6-8-12(11)14/h5-10H,1-4H3,(H,19,20). The van der Waals surface area contributed by atoms with Crippen molar-refractivity contribution in [1.82, 2.24) is 0 Å². The van der Waals surface area contributed by atoms with Gasteiger partial charge >= 0.3 is 13.1 Å². The van der Waals surface area contributed by atoms with Crippen molar-refractivity contribution in [2.75, 3.05) is 0 Å². The Kier molecular flexibility index (Phi) is 3.31. The zero-order valence-corrected chi connectivity index (χ0v) is 13.2. The molecule has 1 heterocycles. The highest BCUT2D eigenvalue weighted by Gasteiger charge is 2.52. The van der Waals surface area contributed by atoms with E-state index in [0.717, 1.165) is 10.8 Å². The normalized spacial score (nSPS) is 19.5. The van der Waals surface area contributed by atoms with E-state index in [9.17, 15) is 9.90 Å². The molecule has 0 aliphatic carbocycles. The third-order valence-electron chi connectivity index (χ3n) is 4.70. The van der Waals surface area contributed by atoms with Gasteiger partial charge in [0.1, 0.15) is 0 Å². The molecule has 0 radical (unpaired) electrons. The van der Waals surface area contributed by atoms with Crippen molar-refractivity contribution in [2.45, 2.75) is 38.9 Å². The maximum atomic E-state index is 11.4. The molecule has 22 heavy (non-hydrogen) atoms. The molecule has 0 bridgehead atoms. The summed E-state index contributed by atoms with van der Waals surface area (Å²) in [4.78, 5) is 11.4. The number of fused-ring (bicyclic) bond motifs is 1. The molecule has 5 heteroatoms. The van der Waals surface area contributed by atoms with E-state index in [2.05, 4.69) is 0 Å². The van der Waals surface area contributed by atoms with Gasteiger partial charge in [0.2, 0.25) is 0 Å². The van der Waals surface area contributed by atoms with Crippen LogP contribution in [0.1, 0.15) is 38.1 Å². The van der Waals surface area contributed by atoms with Crippen LogP contribution >= 0.6 is 0 Å². The van der Waals surface area contributed by atoms with Gasteiger partial charge in [0.15, 0.2) is 0 Å². The lowest BCUT2D eigenvalue weighted by Gasteiger charge is -2.32. The molecular formula is C17H19BO4. The molecule has 0 spiro atoms. The quantitative estimate of drug-likeness (QED) is 0.866. The number of hydrogen-bond donors (Lipinski definition) is 1. The van der Waals surface area contributed by atoms with E-state index in [-0.39, 0.29) is 5.56 Å². The average Bonchev–Trinajstić information content (AvgIpc) is 2.65. The first-order valence-corrected chi connectivity index (χ1v) is 7.33. The SMILES string of the molecule is CC1(C)OB(c2ccc(C(=O)O)c3ccccc23)OC1(C)C. The summed E-state index contributed by atoms with van der Waals surface area (Å²) in [6.45, 7) is 8.00. The predicted molar refractivity (Wildman–Crippen MR) is 86.6 cm³/mol. The first-order valence-electron chi connectivity index (χ1n) is 7.33. The Hall–Kier alpha value is -1.85. The Balaban J connectivity index is 2.14. The molecule has 114 valence electrons. The summed E-state index contributed by atoms with van der Waals surface area (Å²) in [5.41, 5.74) is 0.296. The maximum Gasteiger partial charge on any atom is 0.495 e. The van der Waals surface area contributed by atoms with E-state index in [1.807, 2.05) is 52.0 Å². The highest BCUT2D eigenvalue weighted by Crippen LogP contribution is 2.37. The molecule has 1 aliphatic rings. The van der Waals surface area contributed by atoms with Crippen LogP contribution in [-0.2, 0) is 9.31 Å². The minimum Gasteiger partial charge on any atom is -0.478 e. The average molecular weight is 298 g/mol. The molecule has 2 aromatic carbocycles. The Morgan fingerprint density at radius 2 is 1.50 bits per heavy atom. The molecule has 0 atom stereocenters. The van der Waals surface area contributed by atoms with Gasteiger partial charge in [-0.05, 0) is 50.0 Å². The highest BCUT2D eigenvalue weighted by atomic mass is 16.7. The number of carbonyl (C=O) groups is 1. The van der Waals surface area contributed by atoms with E-state index >= 15 is 0 Å². The van der Waals surface area contributed by atoms with Crippen LogP contribution in [0.5, 0.6) is 0 Å². The zero-order chi connectivity index (χ0) is 16.1. The van der Waals surface area contributed by atoms with Gasteiger partial charge in [-0.15, -0.1) is 0 Å². The van der Waals surface area contributed by atoms with Crippen molar-refractivity contribution in [1.29, 1.82) is 0 Å². The fourth-order valence-electron chi connectivity index (χ4n) is 2.68. The highest BCUT2D eigenvalue weighted by molar-refractivity contribution is 6.65. The molecule has 4 nitrogen and oxygen atoms in total. The van der Waals surface area contributed by atoms with E-state index in [4.69, 9.17) is 9.31 Å². The first kappa shape index (κ1) is 15.1. The lowest BCUT2D eigenvalue weighted by Crippen LogP contribution is -2.41. The summed E-state index contributed by atoms with van der Waals surface area (Å²) in [6.07, 6.45) is 0. The third kappa shape index (κ3) is 2.21. The molecule has 0 aromatic heterocycles. The van der Waals surface area contributed by atoms with Crippen LogP contribution in [0.3, 0.4) is 0 Å². The van der Waals surface area contributed by atoms with Crippen molar-refractivity contribution in [3.8, 4) is 0 Å². The molecule has 0 unspecified atom stereocenters. The molecular weight excluding hydrogens is 279 g/mol. The van der Waals surface area contributed by atoms with Gasteiger partial charge in [-0.3, -0.25) is 0 Å². The minimum atomic E-state index is -0.934. The number of carboxylic acids is 1. The summed E-state index contributed by atoms with van der Waals surface area (Å²) >= 11 is 0. The maximum absolute atomic E-state index is 11.4. The van der Waals surface area contributed by atoms with Crippen molar-refractivity contribution in [2.24, 2.45) is 0 Å². The molecule has 1 fully saturated rings. The van der Waals surface area contributed by atoms with Crippen molar-refractivity contribution >= 4 is 29.3 Å². The predicted octanol–water partition coefficient (Wildman–Crippen LogP) is 2.84. The smallest absolute Gasteiger partial charge is 0.478 e. The summed E-state index contributed by atoms with van der Waals surface area (Å²) < 4.78 is 12.2. The van der Waals surface area contributed by atoms with Gasteiger partial charge in [0, 0.05) is 0 Å². The van der Waals surface area contributed by atoms with Crippen LogP contribution in [0.25, 0.3) is 10.8 Å². The molecule has 0 amide bonds. The zero-order valence-electron chi connectivity index (χ0n) is 13.2. The lowest BCUT2D eigenvalue weighted by atomic mass is 9.75. The number of hydrogen-bond acceptors (Lipinski definition) is 3. The van der Waals surface area contributed by atoms with Crippen LogP contribution in [0.2, 0.25) is 0 Å². The number of benzene rings is 2. The molecule has 1 saturated heterocycles. The monoisotopic (exact) mass is 298 g/mol. The van der Waals surface area contributed by atoms with E-state index in [1.54, 1.807) is 12.1 Å². The topological polar surface area (TPSA) is 55.8 Å². The Morgan fingerprint density at radius 1 is 0.955 bits per heavy atom. The Labute approximate surface area is 130 Å². The van der Waals surface area contributed by atoms with Crippen molar-refractivity contribution < 1.29 is 19.2 Å². The second-order valence-corrected chi connectivity index (χ2v) is 6.64. The second-order valence-electron chi connectivity index (χ2n) is 6.64. The Morgan fingerprint density at radius 3 is 2.05 bits per heavy atom. The van der Waals surface area contributed by atoms with Crippen LogP contribution < -0.4 is 5.46 Å². The molecule has 1 aliphatic heterocycles. The molecule has 3 rings (SSSR count). The van der Waals surface area contributed by atoms with Crippen molar-refractivity contribution in [3.63, 3.8) is 0 Å². The van der Waals surface area contributed by atoms with Crippen LogP contribution in [0.15, 0.2) is 36.4 Å². The lowest BCUT2D eigenvalue weighted by molar-refractivity contribution is 0.00578. The fraction of sp³-hybridized carbons (Fsp3) is 0.353. The van der Waals surface area contributed by atoms with Gasteiger partial charge in [-0.2, -0.15) is 0 Å². The first-order chi connectivity index (χ1) is 10.2. The van der Waals surface area contributed by atoms with Crippen LogP contribution in [0, 0.1) is 0 Å². The van der Waals surface area contributed by atoms with Gasteiger partial charge in [-0.25, -0.2) is 4.79 Å². The van der Waals surface area contributed by atoms with Gasteiger partial charge < -0.3 is 14.4 Å². The summed E-state index contributed by atoms with van der Waals surface area (Å²) in [7, 11) is -0.502. The number of carboxylic acid groups (broad SMARTS) is 1. The van der Waals surface area contributed by atoms with Crippen LogP contribution in [0.4, 0.5) is 0 Å². The van der Waals surface area contributed by atoms with Crippen LogP contribution in [-0.4, -0.2) is 29.4 Å². The minimum absolute atomic E-state index is 0.288. The largest absolute Gasteiger partial charge is 0.495 e. The van der Waals surface area contributed by atoms with E-state index in [1.165, 1.54) is 0 Å². The van der Waals surface area contributed by atoms with Crippen molar-refractivity contribution in [3.05, 3.63) is 42.0 Å². The number of aromatic carboxylic acids is 1. The van der Waals surface area contributed by atoms with Gasteiger partial charge in [-0.1, -0.05) is 30.3 Å². The molecule has 0 saturated carbocycles. The number of rotatable bonds is 2. The molecule has 1 N–H and O–H groups in total. The van der Waals surface area contributed by atoms with E-state index < -0.39 is 24.3 Å². The van der Waals surface area contributed by atoms with Gasteiger partial charge in [0.25, 0.3) is 0 Å². The summed E-state index contributed by atoms with van der Waals surface area (Å²) in [5.74, 6) is -0.934. The fourth-order valence-corrected chi connectivity index (χ4v) is 2.68. The third-order valence-corrected chi connectivity index (χ3v) is 4.70.